The highest BCUT2D eigenvalue weighted by Gasteiger charge is 2.45. The first-order chi connectivity index (χ1) is 9.62. The van der Waals surface area contributed by atoms with E-state index in [2.05, 4.69) is 16.5 Å². The lowest BCUT2D eigenvalue weighted by molar-refractivity contribution is -0.177. The molecule has 1 spiro atoms. The number of ether oxygens (including phenoxy) is 2. The predicted molar refractivity (Wildman–Crippen MR) is 78.9 cm³/mol. The van der Waals surface area contributed by atoms with Gasteiger partial charge in [0.05, 0.1) is 23.9 Å². The molecule has 0 amide bonds. The van der Waals surface area contributed by atoms with Gasteiger partial charge in [0.2, 0.25) is 0 Å². The maximum Gasteiger partial charge on any atom is 0.169 e. The number of hydrogen-bond acceptors (Lipinski definition) is 5. The highest BCUT2D eigenvalue weighted by Crippen LogP contribution is 2.42. The van der Waals surface area contributed by atoms with Gasteiger partial charge < -0.3 is 14.8 Å². The van der Waals surface area contributed by atoms with E-state index in [1.54, 1.807) is 0 Å². The normalized spacial score (nSPS) is 29.1. The fourth-order valence-corrected chi connectivity index (χ4v) is 4.69. The lowest BCUT2D eigenvalue weighted by Crippen LogP contribution is -2.48. The minimum absolute atomic E-state index is 0.335. The highest BCUT2D eigenvalue weighted by atomic mass is 32.2. The molecule has 112 valence electrons. The van der Waals surface area contributed by atoms with Gasteiger partial charge in [0.15, 0.2) is 5.79 Å². The molecule has 6 heteroatoms. The van der Waals surface area contributed by atoms with Crippen LogP contribution in [0.25, 0.3) is 0 Å². The molecule has 2 heterocycles. The van der Waals surface area contributed by atoms with Crippen LogP contribution in [0, 0.1) is 6.92 Å². The van der Waals surface area contributed by atoms with Gasteiger partial charge in [-0.05, 0) is 26.5 Å². The second-order valence-electron chi connectivity index (χ2n) is 5.65. The van der Waals surface area contributed by atoms with Crippen molar-refractivity contribution < 1.29 is 9.47 Å². The van der Waals surface area contributed by atoms with Crippen LogP contribution in [0.4, 0.5) is 0 Å². The third-order valence-corrected chi connectivity index (χ3v) is 5.63. The molecule has 1 aliphatic carbocycles. The molecule has 1 aromatic rings. The molecule has 2 fully saturated rings. The Hall–Kier alpha value is -0.560. The molecular weight excluding hydrogens is 274 g/mol. The lowest BCUT2D eigenvalue weighted by atomic mass is 9.89. The van der Waals surface area contributed by atoms with Gasteiger partial charge in [-0.15, -0.1) is 11.8 Å². The summed E-state index contributed by atoms with van der Waals surface area (Å²) in [6.07, 6.45) is 3.01. The Kier molecular flexibility index (Phi) is 4.08. The first-order valence-corrected chi connectivity index (χ1v) is 8.12. The van der Waals surface area contributed by atoms with Gasteiger partial charge >= 0.3 is 0 Å². The average Bonchev–Trinajstić information content (AvgIpc) is 2.98. The Bertz CT molecular complexity index is 471. The van der Waals surface area contributed by atoms with E-state index in [4.69, 9.17) is 9.47 Å². The van der Waals surface area contributed by atoms with Gasteiger partial charge in [0.25, 0.3) is 0 Å². The van der Waals surface area contributed by atoms with Crippen molar-refractivity contribution in [2.45, 2.75) is 48.3 Å². The molecule has 3 rings (SSSR count). The summed E-state index contributed by atoms with van der Waals surface area (Å²) in [4.78, 5) is 0. The average molecular weight is 297 g/mol. The van der Waals surface area contributed by atoms with E-state index in [0.717, 1.165) is 38.2 Å². The van der Waals surface area contributed by atoms with Crippen molar-refractivity contribution in [3.63, 3.8) is 0 Å². The molecule has 0 bridgehead atoms. The van der Waals surface area contributed by atoms with E-state index in [0.29, 0.717) is 11.3 Å². The Morgan fingerprint density at radius 1 is 1.45 bits per heavy atom. The molecule has 1 aliphatic heterocycles. The number of hydrogen-bond donors (Lipinski definition) is 1. The maximum absolute atomic E-state index is 5.89. The molecule has 2 unspecified atom stereocenters. The zero-order valence-electron chi connectivity index (χ0n) is 12.4. The topological polar surface area (TPSA) is 48.3 Å². The van der Waals surface area contributed by atoms with Crippen LogP contribution in [0.5, 0.6) is 0 Å². The molecule has 1 saturated heterocycles. The molecule has 0 aromatic carbocycles. The van der Waals surface area contributed by atoms with Crippen LogP contribution in [-0.4, -0.2) is 47.1 Å². The van der Waals surface area contributed by atoms with Crippen LogP contribution in [-0.2, 0) is 16.5 Å². The predicted octanol–water partition coefficient (Wildman–Crippen LogP) is 1.70. The minimum Gasteiger partial charge on any atom is -0.347 e. The Balaban J connectivity index is 1.75. The van der Waals surface area contributed by atoms with Crippen LogP contribution in [0.1, 0.15) is 25.0 Å². The zero-order chi connectivity index (χ0) is 14.2. The van der Waals surface area contributed by atoms with E-state index in [9.17, 15) is 0 Å². The quantitative estimate of drug-likeness (QED) is 0.920. The van der Waals surface area contributed by atoms with E-state index < -0.39 is 0 Å². The number of thioether (sulfide) groups is 1. The molecule has 1 N–H and O–H groups in total. The molecule has 5 nitrogen and oxygen atoms in total. The molecule has 2 aliphatic rings. The molecule has 1 aromatic heterocycles. The third kappa shape index (κ3) is 2.74. The van der Waals surface area contributed by atoms with E-state index in [1.165, 1.54) is 5.03 Å². The third-order valence-electron chi connectivity index (χ3n) is 4.21. The molecule has 0 radical (unpaired) electrons. The lowest BCUT2D eigenvalue weighted by Gasteiger charge is -2.40. The maximum atomic E-state index is 5.89. The van der Waals surface area contributed by atoms with Crippen molar-refractivity contribution in [2.24, 2.45) is 7.05 Å². The van der Waals surface area contributed by atoms with E-state index in [1.807, 2.05) is 37.5 Å². The molecular formula is C14H23N3O2S. The van der Waals surface area contributed by atoms with Crippen molar-refractivity contribution in [3.8, 4) is 0 Å². The van der Waals surface area contributed by atoms with Crippen molar-refractivity contribution in [2.75, 3.05) is 20.3 Å². The minimum atomic E-state index is -0.335. The van der Waals surface area contributed by atoms with Crippen molar-refractivity contribution in [1.29, 1.82) is 0 Å². The second kappa shape index (κ2) is 5.67. The molecule has 1 saturated carbocycles. The van der Waals surface area contributed by atoms with Crippen LogP contribution >= 0.6 is 11.8 Å². The summed E-state index contributed by atoms with van der Waals surface area (Å²) in [6.45, 7) is 3.49. The Labute approximate surface area is 124 Å². The number of aryl methyl sites for hydroxylation is 2. The van der Waals surface area contributed by atoms with E-state index in [-0.39, 0.29) is 5.79 Å². The summed E-state index contributed by atoms with van der Waals surface area (Å²) in [5, 5.41) is 9.53. The second-order valence-corrected chi connectivity index (χ2v) is 6.91. The van der Waals surface area contributed by atoms with Gasteiger partial charge in [-0.25, -0.2) is 0 Å². The van der Waals surface area contributed by atoms with Crippen LogP contribution < -0.4 is 5.32 Å². The number of rotatable bonds is 3. The van der Waals surface area contributed by atoms with Gasteiger partial charge in [0.1, 0.15) is 0 Å². The van der Waals surface area contributed by atoms with Gasteiger partial charge in [0, 0.05) is 31.2 Å². The zero-order valence-corrected chi connectivity index (χ0v) is 13.2. The standard InChI is InChI=1S/C14H23N3O2S/c1-10-8-13(17(3)16-10)20-12-9-14(18-6-7-19-14)5-4-11(12)15-2/h8,11-12,15H,4-7,9H2,1-3H3. The van der Waals surface area contributed by atoms with Crippen LogP contribution in [0.15, 0.2) is 11.1 Å². The summed E-state index contributed by atoms with van der Waals surface area (Å²) >= 11 is 1.88. The smallest absolute Gasteiger partial charge is 0.169 e. The first-order valence-electron chi connectivity index (χ1n) is 7.24. The summed E-state index contributed by atoms with van der Waals surface area (Å²) in [5.41, 5.74) is 1.06. The van der Waals surface area contributed by atoms with E-state index >= 15 is 0 Å². The SMILES string of the molecule is CNC1CCC2(CC1Sc1cc(C)nn1C)OCCO2. The summed E-state index contributed by atoms with van der Waals surface area (Å²) in [7, 11) is 4.05. The first kappa shape index (κ1) is 14.4. The summed E-state index contributed by atoms with van der Waals surface area (Å²) < 4.78 is 13.7. The van der Waals surface area contributed by atoms with Gasteiger partial charge in [-0.1, -0.05) is 0 Å². The highest BCUT2D eigenvalue weighted by molar-refractivity contribution is 7.99. The Morgan fingerprint density at radius 3 is 2.80 bits per heavy atom. The largest absolute Gasteiger partial charge is 0.347 e. The Morgan fingerprint density at radius 2 is 2.20 bits per heavy atom. The fourth-order valence-electron chi connectivity index (χ4n) is 3.18. The monoisotopic (exact) mass is 297 g/mol. The van der Waals surface area contributed by atoms with Crippen LogP contribution in [0.2, 0.25) is 0 Å². The number of nitrogens with one attached hydrogen (secondary N) is 1. The summed E-state index contributed by atoms with van der Waals surface area (Å²) in [5.74, 6) is -0.335. The van der Waals surface area contributed by atoms with Gasteiger partial charge in [-0.2, -0.15) is 5.10 Å². The van der Waals surface area contributed by atoms with Crippen molar-refractivity contribution in [1.82, 2.24) is 15.1 Å². The fraction of sp³-hybridized carbons (Fsp3) is 0.786. The summed E-state index contributed by atoms with van der Waals surface area (Å²) in [6, 6.07) is 2.64. The van der Waals surface area contributed by atoms with Crippen molar-refractivity contribution in [3.05, 3.63) is 11.8 Å². The molecule has 20 heavy (non-hydrogen) atoms. The van der Waals surface area contributed by atoms with Crippen LogP contribution in [0.3, 0.4) is 0 Å². The number of aromatic nitrogens is 2. The number of nitrogens with zero attached hydrogens (tertiary/aromatic N) is 2. The van der Waals surface area contributed by atoms with Crippen molar-refractivity contribution >= 4 is 11.8 Å². The molecule has 2 atom stereocenters. The van der Waals surface area contributed by atoms with Gasteiger partial charge in [-0.3, -0.25) is 4.68 Å².